The maximum Gasteiger partial charge on any atom is 0.180 e. The molecule has 25 heavy (non-hydrogen) atoms. The average molecular weight is 333 g/mol. The van der Waals surface area contributed by atoms with Crippen LogP contribution in [-0.2, 0) is 6.42 Å². The SMILES string of the molecule is C/C(N)=C1\Cc2c(-c3ncc(C)cn3)ncn2-c2ccccc2N1N. The van der Waals surface area contributed by atoms with Crippen molar-refractivity contribution in [2.75, 3.05) is 5.01 Å². The first-order chi connectivity index (χ1) is 12.1. The topological polar surface area (TPSA) is 98.9 Å². The number of anilines is 1. The number of rotatable bonds is 1. The van der Waals surface area contributed by atoms with Crippen LogP contribution in [0.3, 0.4) is 0 Å². The fraction of sp³-hybridized carbons (Fsp3) is 0.167. The third-order valence-corrected chi connectivity index (χ3v) is 4.34. The van der Waals surface area contributed by atoms with Crippen molar-refractivity contribution in [2.24, 2.45) is 11.6 Å². The van der Waals surface area contributed by atoms with Crippen molar-refractivity contribution in [3.05, 3.63) is 65.6 Å². The summed E-state index contributed by atoms with van der Waals surface area (Å²) in [5.74, 6) is 6.96. The Balaban J connectivity index is 1.97. The minimum atomic E-state index is 0.542. The van der Waals surface area contributed by atoms with Crippen molar-refractivity contribution in [1.29, 1.82) is 0 Å². The van der Waals surface area contributed by atoms with Gasteiger partial charge >= 0.3 is 0 Å². The van der Waals surface area contributed by atoms with E-state index in [0.717, 1.165) is 34.0 Å². The second-order valence-corrected chi connectivity index (χ2v) is 6.16. The number of hydrazine groups is 1. The van der Waals surface area contributed by atoms with Gasteiger partial charge in [-0.1, -0.05) is 12.1 Å². The van der Waals surface area contributed by atoms with Crippen molar-refractivity contribution in [3.63, 3.8) is 0 Å². The summed E-state index contributed by atoms with van der Waals surface area (Å²) in [6.07, 6.45) is 5.91. The zero-order valence-electron chi connectivity index (χ0n) is 14.1. The molecule has 0 aliphatic carbocycles. The van der Waals surface area contributed by atoms with E-state index in [2.05, 4.69) is 15.0 Å². The van der Waals surface area contributed by atoms with Crippen LogP contribution < -0.4 is 16.6 Å². The smallest absolute Gasteiger partial charge is 0.180 e. The number of allylic oxidation sites excluding steroid dienone is 2. The molecule has 0 bridgehead atoms. The Morgan fingerprint density at radius 3 is 2.44 bits per heavy atom. The van der Waals surface area contributed by atoms with Gasteiger partial charge in [0.2, 0.25) is 0 Å². The molecule has 0 saturated heterocycles. The number of hydrogen-bond donors (Lipinski definition) is 2. The third kappa shape index (κ3) is 2.45. The molecule has 0 atom stereocenters. The van der Waals surface area contributed by atoms with Crippen LogP contribution >= 0.6 is 0 Å². The molecule has 0 saturated carbocycles. The lowest BCUT2D eigenvalue weighted by molar-refractivity contribution is 0.899. The molecule has 0 unspecified atom stereocenters. The number of para-hydroxylation sites is 2. The van der Waals surface area contributed by atoms with Gasteiger partial charge in [-0.25, -0.2) is 20.8 Å². The maximum atomic E-state index is 6.37. The Labute approximate surface area is 145 Å². The van der Waals surface area contributed by atoms with Gasteiger partial charge in [0.05, 0.1) is 22.8 Å². The number of fused-ring (bicyclic) bond motifs is 3. The van der Waals surface area contributed by atoms with Crippen molar-refractivity contribution >= 4 is 5.69 Å². The normalized spacial score (nSPS) is 15.4. The van der Waals surface area contributed by atoms with Gasteiger partial charge in [-0.15, -0.1) is 0 Å². The molecule has 126 valence electrons. The highest BCUT2D eigenvalue weighted by atomic mass is 15.4. The Bertz CT molecular complexity index is 965. The van der Waals surface area contributed by atoms with E-state index in [1.54, 1.807) is 23.7 Å². The molecular weight excluding hydrogens is 314 g/mol. The van der Waals surface area contributed by atoms with Crippen LogP contribution in [0.5, 0.6) is 0 Å². The quantitative estimate of drug-likeness (QED) is 0.661. The van der Waals surface area contributed by atoms with Crippen LogP contribution in [0.1, 0.15) is 18.2 Å². The van der Waals surface area contributed by atoms with Gasteiger partial charge in [-0.3, -0.25) is 9.58 Å². The second-order valence-electron chi connectivity index (χ2n) is 6.16. The van der Waals surface area contributed by atoms with Crippen LogP contribution in [0.4, 0.5) is 5.69 Å². The Hall–Kier alpha value is -3.19. The van der Waals surface area contributed by atoms with Gasteiger partial charge in [0.25, 0.3) is 0 Å². The van der Waals surface area contributed by atoms with Crippen LogP contribution in [0.25, 0.3) is 17.2 Å². The first-order valence-electron chi connectivity index (χ1n) is 8.01. The van der Waals surface area contributed by atoms with Gasteiger partial charge < -0.3 is 5.73 Å². The van der Waals surface area contributed by atoms with Crippen LogP contribution in [0.2, 0.25) is 0 Å². The van der Waals surface area contributed by atoms with Crippen LogP contribution in [-0.4, -0.2) is 19.5 Å². The highest BCUT2D eigenvalue weighted by Crippen LogP contribution is 2.34. The van der Waals surface area contributed by atoms with E-state index < -0.39 is 0 Å². The molecule has 4 N–H and O–H groups in total. The van der Waals surface area contributed by atoms with Gasteiger partial charge in [-0.05, 0) is 31.5 Å². The summed E-state index contributed by atoms with van der Waals surface area (Å²) in [5, 5.41) is 1.65. The highest BCUT2D eigenvalue weighted by molar-refractivity contribution is 5.70. The standard InChI is InChI=1S/C18H19N7/c1-11-8-21-18(22-9-11)17-16-7-15(12(2)19)25(20)14-6-4-3-5-13(14)24(16)10-23-17/h3-6,8-10H,7,19-20H2,1-2H3/b15-12-. The lowest BCUT2D eigenvalue weighted by Crippen LogP contribution is -2.32. The Morgan fingerprint density at radius 2 is 1.76 bits per heavy atom. The number of benzene rings is 1. The van der Waals surface area contributed by atoms with E-state index in [4.69, 9.17) is 11.6 Å². The second kappa shape index (κ2) is 5.71. The summed E-state index contributed by atoms with van der Waals surface area (Å²) in [6.45, 7) is 3.81. The monoisotopic (exact) mass is 333 g/mol. The average Bonchev–Trinajstić information content (AvgIpc) is 2.98. The number of nitrogens with zero attached hydrogens (tertiary/aromatic N) is 5. The molecule has 0 amide bonds. The molecule has 0 radical (unpaired) electrons. The minimum Gasteiger partial charge on any atom is -0.401 e. The Kier molecular flexibility index (Phi) is 3.51. The summed E-state index contributed by atoms with van der Waals surface area (Å²) in [7, 11) is 0. The van der Waals surface area contributed by atoms with Gasteiger partial charge in [0, 0.05) is 24.5 Å². The molecule has 1 aliphatic rings. The summed E-state index contributed by atoms with van der Waals surface area (Å²) in [4.78, 5) is 13.4. The number of hydrogen-bond acceptors (Lipinski definition) is 6. The molecule has 4 rings (SSSR count). The van der Waals surface area contributed by atoms with E-state index in [1.165, 1.54) is 0 Å². The van der Waals surface area contributed by atoms with Crippen molar-refractivity contribution < 1.29 is 0 Å². The predicted molar refractivity (Wildman–Crippen MR) is 96.6 cm³/mol. The molecule has 7 heteroatoms. The van der Waals surface area contributed by atoms with E-state index >= 15 is 0 Å². The Morgan fingerprint density at radius 1 is 1.08 bits per heavy atom. The molecule has 2 aromatic heterocycles. The highest BCUT2D eigenvalue weighted by Gasteiger charge is 2.26. The van der Waals surface area contributed by atoms with Crippen molar-refractivity contribution in [3.8, 4) is 17.2 Å². The van der Waals surface area contributed by atoms with Crippen molar-refractivity contribution in [1.82, 2.24) is 19.5 Å². The summed E-state index contributed by atoms with van der Waals surface area (Å²) >= 11 is 0. The zero-order valence-corrected chi connectivity index (χ0v) is 14.1. The van der Waals surface area contributed by atoms with E-state index in [1.807, 2.05) is 42.7 Å². The van der Waals surface area contributed by atoms with E-state index in [0.29, 0.717) is 17.9 Å². The first-order valence-corrected chi connectivity index (χ1v) is 8.01. The van der Waals surface area contributed by atoms with Gasteiger partial charge in [-0.2, -0.15) is 0 Å². The molecule has 0 spiro atoms. The predicted octanol–water partition coefficient (Wildman–Crippen LogP) is 2.06. The number of aromatic nitrogens is 4. The zero-order chi connectivity index (χ0) is 17.6. The van der Waals surface area contributed by atoms with Crippen LogP contribution in [0, 0.1) is 6.92 Å². The molecule has 1 aliphatic heterocycles. The van der Waals surface area contributed by atoms with Crippen molar-refractivity contribution in [2.45, 2.75) is 20.3 Å². The third-order valence-electron chi connectivity index (χ3n) is 4.34. The molecular formula is C18H19N7. The largest absolute Gasteiger partial charge is 0.401 e. The minimum absolute atomic E-state index is 0.542. The van der Waals surface area contributed by atoms with E-state index in [9.17, 15) is 0 Å². The summed E-state index contributed by atoms with van der Waals surface area (Å²) < 4.78 is 2.03. The van der Waals surface area contributed by atoms with E-state index in [-0.39, 0.29) is 0 Å². The fourth-order valence-electron chi connectivity index (χ4n) is 3.04. The number of imidazole rings is 1. The van der Waals surface area contributed by atoms with Gasteiger partial charge in [0.15, 0.2) is 5.82 Å². The summed E-state index contributed by atoms with van der Waals surface area (Å²) in [5.41, 5.74) is 12.1. The molecule has 3 aromatic rings. The molecule has 3 heterocycles. The summed E-state index contributed by atoms with van der Waals surface area (Å²) in [6, 6.07) is 7.90. The van der Waals surface area contributed by atoms with Crippen LogP contribution in [0.15, 0.2) is 54.4 Å². The molecule has 1 aromatic carbocycles. The number of aryl methyl sites for hydroxylation is 1. The molecule has 0 fully saturated rings. The molecule has 7 nitrogen and oxygen atoms in total. The number of nitrogens with two attached hydrogens (primary N) is 2. The lowest BCUT2D eigenvalue weighted by Gasteiger charge is -2.22. The maximum absolute atomic E-state index is 6.37. The fourth-order valence-corrected chi connectivity index (χ4v) is 3.04. The van der Waals surface area contributed by atoms with Gasteiger partial charge in [0.1, 0.15) is 12.0 Å². The lowest BCUT2D eigenvalue weighted by atomic mass is 10.1. The first kappa shape index (κ1) is 15.3.